The molecule has 2 unspecified atom stereocenters. The fourth-order valence-corrected chi connectivity index (χ4v) is 3.15. The molecule has 0 aromatic heterocycles. The summed E-state index contributed by atoms with van der Waals surface area (Å²) in [5, 5.41) is 19.7. The average Bonchev–Trinajstić information content (AvgIpc) is 1.93. The first-order valence-corrected chi connectivity index (χ1v) is 4.77. The van der Waals surface area contributed by atoms with Crippen LogP contribution in [0.2, 0.25) is 0 Å². The van der Waals surface area contributed by atoms with Crippen LogP contribution >= 0.6 is 0 Å². The summed E-state index contributed by atoms with van der Waals surface area (Å²) in [6.45, 7) is 6.18. The summed E-state index contributed by atoms with van der Waals surface area (Å²) in [6.07, 6.45) is 1.36. The van der Waals surface area contributed by atoms with Crippen molar-refractivity contribution >= 4 is 0 Å². The van der Waals surface area contributed by atoms with Crippen LogP contribution in [0.15, 0.2) is 0 Å². The fraction of sp³-hybridized carbons (Fsp3) is 1.00. The van der Waals surface area contributed by atoms with Crippen molar-refractivity contribution in [2.75, 3.05) is 0 Å². The van der Waals surface area contributed by atoms with Gasteiger partial charge in [-0.1, -0.05) is 13.8 Å². The molecule has 2 N–H and O–H groups in total. The minimum absolute atomic E-state index is 0.239. The van der Waals surface area contributed by atoms with Gasteiger partial charge in [0.25, 0.3) is 0 Å². The van der Waals surface area contributed by atoms with E-state index in [1.54, 1.807) is 6.92 Å². The fourth-order valence-electron chi connectivity index (χ4n) is 3.15. The molecule has 2 nitrogen and oxygen atoms in total. The van der Waals surface area contributed by atoms with Crippen LogP contribution in [-0.4, -0.2) is 21.9 Å². The highest BCUT2D eigenvalue weighted by Crippen LogP contribution is 2.62. The second-order valence-electron chi connectivity index (χ2n) is 5.28. The normalized spacial score (nSPS) is 56.2. The topological polar surface area (TPSA) is 40.5 Å². The first-order valence-electron chi connectivity index (χ1n) is 4.77. The van der Waals surface area contributed by atoms with Crippen molar-refractivity contribution in [3.63, 3.8) is 0 Å². The molecule has 0 saturated heterocycles. The van der Waals surface area contributed by atoms with E-state index in [0.717, 1.165) is 12.8 Å². The van der Waals surface area contributed by atoms with Crippen LogP contribution < -0.4 is 0 Å². The van der Waals surface area contributed by atoms with E-state index in [1.165, 1.54) is 0 Å². The maximum absolute atomic E-state index is 10.0. The molecule has 4 atom stereocenters. The Balaban J connectivity index is 2.27. The third kappa shape index (κ3) is 0.775. The lowest BCUT2D eigenvalue weighted by Crippen LogP contribution is -2.66. The Morgan fingerprint density at radius 1 is 1.17 bits per heavy atom. The number of hydrogen-bond donors (Lipinski definition) is 2. The third-order valence-corrected chi connectivity index (χ3v) is 4.36. The molecule has 3 fully saturated rings. The van der Waals surface area contributed by atoms with E-state index in [1.807, 2.05) is 0 Å². The summed E-state index contributed by atoms with van der Waals surface area (Å²) in [6, 6.07) is 0. The Bertz CT molecular complexity index is 208. The van der Waals surface area contributed by atoms with Crippen LogP contribution in [-0.2, 0) is 0 Å². The van der Waals surface area contributed by atoms with Gasteiger partial charge in [0.2, 0.25) is 0 Å². The molecule has 2 heteroatoms. The molecule has 70 valence electrons. The Kier molecular flexibility index (Phi) is 1.45. The number of aliphatic hydroxyl groups is 2. The predicted octanol–water partition coefficient (Wildman–Crippen LogP) is 1.16. The molecular formula is C10H18O2. The van der Waals surface area contributed by atoms with E-state index in [2.05, 4.69) is 13.8 Å². The van der Waals surface area contributed by atoms with Gasteiger partial charge in [0.05, 0.1) is 11.7 Å². The molecule has 3 saturated carbocycles. The van der Waals surface area contributed by atoms with Gasteiger partial charge in [-0.05, 0) is 37.0 Å². The quantitative estimate of drug-likeness (QED) is 0.573. The zero-order valence-corrected chi connectivity index (χ0v) is 8.04. The first kappa shape index (κ1) is 8.52. The van der Waals surface area contributed by atoms with Crippen LogP contribution in [0, 0.1) is 17.3 Å². The molecule has 3 rings (SSSR count). The molecule has 3 aliphatic carbocycles. The second-order valence-corrected chi connectivity index (χ2v) is 5.28. The smallest absolute Gasteiger partial charge is 0.0910 e. The lowest BCUT2D eigenvalue weighted by molar-refractivity contribution is -0.245. The van der Waals surface area contributed by atoms with Crippen molar-refractivity contribution in [2.45, 2.75) is 45.3 Å². The van der Waals surface area contributed by atoms with Crippen LogP contribution in [0.3, 0.4) is 0 Å². The van der Waals surface area contributed by atoms with Gasteiger partial charge in [-0.25, -0.2) is 0 Å². The van der Waals surface area contributed by atoms with Crippen molar-refractivity contribution in [3.8, 4) is 0 Å². The molecule has 3 aliphatic rings. The zero-order valence-electron chi connectivity index (χ0n) is 8.04. The van der Waals surface area contributed by atoms with Gasteiger partial charge < -0.3 is 10.2 Å². The lowest BCUT2D eigenvalue weighted by atomic mass is 9.43. The maximum Gasteiger partial charge on any atom is 0.0910 e. The maximum atomic E-state index is 10.0. The largest absolute Gasteiger partial charge is 0.390 e. The van der Waals surface area contributed by atoms with Gasteiger partial charge in [-0.3, -0.25) is 0 Å². The van der Waals surface area contributed by atoms with E-state index < -0.39 is 11.7 Å². The lowest BCUT2D eigenvalue weighted by Gasteiger charge is -2.64. The van der Waals surface area contributed by atoms with Crippen molar-refractivity contribution in [1.82, 2.24) is 0 Å². The molecule has 0 aliphatic heterocycles. The Hall–Kier alpha value is -0.0800. The summed E-state index contributed by atoms with van der Waals surface area (Å²) in [7, 11) is 0. The minimum Gasteiger partial charge on any atom is -0.390 e. The summed E-state index contributed by atoms with van der Waals surface area (Å²) >= 11 is 0. The predicted molar refractivity (Wildman–Crippen MR) is 46.6 cm³/mol. The molecule has 0 heterocycles. The number of hydrogen-bond acceptors (Lipinski definition) is 2. The Morgan fingerprint density at radius 2 is 1.75 bits per heavy atom. The van der Waals surface area contributed by atoms with Crippen molar-refractivity contribution in [1.29, 1.82) is 0 Å². The summed E-state index contributed by atoms with van der Waals surface area (Å²) in [4.78, 5) is 0. The SMILES string of the molecule is CC1(C)C2C[C@@H](O)C(C)(O)[C@@H]1C2. The molecule has 0 amide bonds. The van der Waals surface area contributed by atoms with Gasteiger partial charge in [0, 0.05) is 0 Å². The standard InChI is InChI=1S/C10H18O2/c1-9(2)6-4-7(9)10(3,12)8(11)5-6/h6-8,11-12H,4-5H2,1-3H3/t6?,7-,8-,10?/m1/s1. The summed E-state index contributed by atoms with van der Waals surface area (Å²) < 4.78 is 0. The Labute approximate surface area is 73.6 Å². The van der Waals surface area contributed by atoms with E-state index in [9.17, 15) is 10.2 Å². The molecule has 0 radical (unpaired) electrons. The average molecular weight is 170 g/mol. The van der Waals surface area contributed by atoms with Gasteiger partial charge in [-0.15, -0.1) is 0 Å². The minimum atomic E-state index is -0.849. The van der Waals surface area contributed by atoms with Crippen LogP contribution in [0.4, 0.5) is 0 Å². The molecule has 0 aromatic carbocycles. The third-order valence-electron chi connectivity index (χ3n) is 4.36. The van der Waals surface area contributed by atoms with Gasteiger partial charge in [0.1, 0.15) is 0 Å². The second kappa shape index (κ2) is 2.05. The zero-order chi connectivity index (χ0) is 9.15. The molecule has 12 heavy (non-hydrogen) atoms. The van der Waals surface area contributed by atoms with Crippen molar-refractivity contribution in [2.24, 2.45) is 17.3 Å². The van der Waals surface area contributed by atoms with Crippen molar-refractivity contribution < 1.29 is 10.2 Å². The van der Waals surface area contributed by atoms with Crippen LogP contribution in [0.25, 0.3) is 0 Å². The van der Waals surface area contributed by atoms with Gasteiger partial charge >= 0.3 is 0 Å². The first-order chi connectivity index (χ1) is 5.37. The van der Waals surface area contributed by atoms with Crippen LogP contribution in [0.1, 0.15) is 33.6 Å². The monoisotopic (exact) mass is 170 g/mol. The van der Waals surface area contributed by atoms with E-state index in [0.29, 0.717) is 11.8 Å². The molecule has 0 spiro atoms. The summed E-state index contributed by atoms with van der Waals surface area (Å²) in [5.41, 5.74) is -0.610. The van der Waals surface area contributed by atoms with Gasteiger partial charge in [0.15, 0.2) is 0 Å². The van der Waals surface area contributed by atoms with E-state index in [4.69, 9.17) is 0 Å². The number of rotatable bonds is 0. The van der Waals surface area contributed by atoms with Crippen LogP contribution in [0.5, 0.6) is 0 Å². The van der Waals surface area contributed by atoms with E-state index in [-0.39, 0.29) is 5.41 Å². The highest BCUT2D eigenvalue weighted by atomic mass is 16.3. The number of fused-ring (bicyclic) bond motifs is 2. The van der Waals surface area contributed by atoms with E-state index >= 15 is 0 Å². The molecule has 2 bridgehead atoms. The summed E-state index contributed by atoms with van der Waals surface area (Å²) in [5.74, 6) is 0.913. The van der Waals surface area contributed by atoms with Gasteiger partial charge in [-0.2, -0.15) is 0 Å². The highest BCUT2D eigenvalue weighted by Gasteiger charge is 2.62. The van der Waals surface area contributed by atoms with Crippen molar-refractivity contribution in [3.05, 3.63) is 0 Å². The highest BCUT2D eigenvalue weighted by molar-refractivity contribution is 5.12. The Morgan fingerprint density at radius 3 is 2.08 bits per heavy atom. The molecule has 0 aromatic rings. The molecular weight excluding hydrogens is 152 g/mol. The number of aliphatic hydroxyl groups excluding tert-OH is 1.